The van der Waals surface area contributed by atoms with Gasteiger partial charge in [0.15, 0.2) is 0 Å². The fourth-order valence-electron chi connectivity index (χ4n) is 1.87. The number of ether oxygens (including phenoxy) is 1. The zero-order valence-electron chi connectivity index (χ0n) is 11.9. The molecule has 0 saturated heterocycles. The van der Waals surface area contributed by atoms with E-state index < -0.39 is 6.10 Å². The molecule has 4 nitrogen and oxygen atoms in total. The van der Waals surface area contributed by atoms with Crippen molar-refractivity contribution in [1.29, 1.82) is 0 Å². The fraction of sp³-hybridized carbons (Fsp3) is 0.312. The van der Waals surface area contributed by atoms with Crippen molar-refractivity contribution in [3.63, 3.8) is 0 Å². The molecule has 0 bridgehead atoms. The van der Waals surface area contributed by atoms with E-state index in [2.05, 4.69) is 5.32 Å². The number of amides is 1. The Hall–Kier alpha value is -1.69. The molecule has 1 aromatic heterocycles. The van der Waals surface area contributed by atoms with Gasteiger partial charge in [-0.1, -0.05) is 30.3 Å². The van der Waals surface area contributed by atoms with Crippen molar-refractivity contribution < 1.29 is 14.6 Å². The summed E-state index contributed by atoms with van der Waals surface area (Å²) in [6.07, 6.45) is -0.621. The molecule has 0 unspecified atom stereocenters. The highest BCUT2D eigenvalue weighted by atomic mass is 32.1. The summed E-state index contributed by atoms with van der Waals surface area (Å²) >= 11 is 1.50. The van der Waals surface area contributed by atoms with Crippen molar-refractivity contribution in [2.45, 2.75) is 19.6 Å². The zero-order chi connectivity index (χ0) is 15.1. The van der Waals surface area contributed by atoms with Gasteiger partial charge in [-0.05, 0) is 24.6 Å². The Morgan fingerprint density at radius 2 is 2.05 bits per heavy atom. The Bertz CT molecular complexity index is 568. The Morgan fingerprint density at radius 3 is 2.76 bits per heavy atom. The van der Waals surface area contributed by atoms with Gasteiger partial charge in [0.1, 0.15) is 12.7 Å². The maximum atomic E-state index is 11.5. The molecule has 0 aliphatic carbocycles. The van der Waals surface area contributed by atoms with E-state index in [1.165, 1.54) is 11.3 Å². The highest BCUT2D eigenvalue weighted by Crippen LogP contribution is 2.28. The van der Waals surface area contributed by atoms with E-state index in [-0.39, 0.29) is 12.5 Å². The van der Waals surface area contributed by atoms with Crippen molar-refractivity contribution in [3.05, 3.63) is 57.8 Å². The van der Waals surface area contributed by atoms with E-state index in [0.29, 0.717) is 13.2 Å². The molecule has 0 aliphatic rings. The van der Waals surface area contributed by atoms with Gasteiger partial charge in [0, 0.05) is 16.4 Å². The number of nitrogens with one attached hydrogen (secondary N) is 1. The number of aliphatic hydroxyl groups is 1. The molecule has 1 amide bonds. The molecule has 0 spiro atoms. The number of aliphatic hydroxyl groups excluding tert-OH is 1. The van der Waals surface area contributed by atoms with Crippen LogP contribution in [0, 0.1) is 0 Å². The number of hydrogen-bond donors (Lipinski definition) is 2. The summed E-state index contributed by atoms with van der Waals surface area (Å²) in [6.45, 7) is 2.92. The Labute approximate surface area is 128 Å². The van der Waals surface area contributed by atoms with Crippen LogP contribution in [0.15, 0.2) is 42.5 Å². The molecule has 21 heavy (non-hydrogen) atoms. The minimum absolute atomic E-state index is 0.0847. The lowest BCUT2D eigenvalue weighted by Gasteiger charge is -2.08. The average molecular weight is 305 g/mol. The molecule has 2 aromatic rings. The largest absolute Gasteiger partial charge is 0.383 e. The number of rotatable bonds is 7. The lowest BCUT2D eigenvalue weighted by atomic mass is 10.1. The second-order valence-electron chi connectivity index (χ2n) is 4.53. The SMILES string of the molecule is CCOCC(=O)NCc1ccc([C@@H](O)c2ccccc2)s1. The average Bonchev–Trinajstić information content (AvgIpc) is 3.00. The molecule has 5 heteroatoms. The summed E-state index contributed by atoms with van der Waals surface area (Å²) in [6, 6.07) is 13.3. The van der Waals surface area contributed by atoms with Crippen LogP contribution in [0.25, 0.3) is 0 Å². The zero-order valence-corrected chi connectivity index (χ0v) is 12.7. The first-order chi connectivity index (χ1) is 10.2. The molecule has 0 aliphatic heterocycles. The minimum atomic E-state index is -0.621. The molecular formula is C16H19NO3S. The number of carbonyl (C=O) groups excluding carboxylic acids is 1. The van der Waals surface area contributed by atoms with Crippen LogP contribution in [0.5, 0.6) is 0 Å². The quantitative estimate of drug-likeness (QED) is 0.826. The molecule has 2 N–H and O–H groups in total. The van der Waals surface area contributed by atoms with Gasteiger partial charge in [0.2, 0.25) is 5.91 Å². The van der Waals surface area contributed by atoms with Crippen LogP contribution in [0.4, 0.5) is 0 Å². The lowest BCUT2D eigenvalue weighted by molar-refractivity contribution is -0.125. The van der Waals surface area contributed by atoms with Gasteiger partial charge in [-0.15, -0.1) is 11.3 Å². The van der Waals surface area contributed by atoms with Crippen LogP contribution < -0.4 is 5.32 Å². The number of carbonyl (C=O) groups is 1. The van der Waals surface area contributed by atoms with Crippen molar-refractivity contribution in [3.8, 4) is 0 Å². The molecule has 1 heterocycles. The highest BCUT2D eigenvalue weighted by Gasteiger charge is 2.12. The van der Waals surface area contributed by atoms with Crippen molar-refractivity contribution in [2.75, 3.05) is 13.2 Å². The van der Waals surface area contributed by atoms with Gasteiger partial charge >= 0.3 is 0 Å². The summed E-state index contributed by atoms with van der Waals surface area (Å²) in [4.78, 5) is 13.3. The minimum Gasteiger partial charge on any atom is -0.383 e. The topological polar surface area (TPSA) is 58.6 Å². The third-order valence-corrected chi connectivity index (χ3v) is 4.10. The van der Waals surface area contributed by atoms with E-state index in [9.17, 15) is 9.90 Å². The molecular weight excluding hydrogens is 286 g/mol. The molecule has 112 valence electrons. The fourth-order valence-corrected chi connectivity index (χ4v) is 2.83. The third kappa shape index (κ3) is 4.67. The number of benzene rings is 1. The van der Waals surface area contributed by atoms with Crippen LogP contribution in [-0.2, 0) is 16.1 Å². The number of hydrogen-bond acceptors (Lipinski definition) is 4. The van der Waals surface area contributed by atoms with Gasteiger partial charge < -0.3 is 15.2 Å². The molecule has 0 fully saturated rings. The molecule has 1 atom stereocenters. The van der Waals surface area contributed by atoms with E-state index >= 15 is 0 Å². The van der Waals surface area contributed by atoms with Crippen molar-refractivity contribution >= 4 is 17.2 Å². The van der Waals surface area contributed by atoms with E-state index in [1.807, 2.05) is 49.4 Å². The highest BCUT2D eigenvalue weighted by molar-refractivity contribution is 7.12. The smallest absolute Gasteiger partial charge is 0.246 e. The Morgan fingerprint density at radius 1 is 1.29 bits per heavy atom. The van der Waals surface area contributed by atoms with E-state index in [1.54, 1.807) is 0 Å². The van der Waals surface area contributed by atoms with E-state index in [4.69, 9.17) is 4.74 Å². The third-order valence-electron chi connectivity index (χ3n) is 2.96. The van der Waals surface area contributed by atoms with Gasteiger partial charge in [-0.25, -0.2) is 0 Å². The van der Waals surface area contributed by atoms with Gasteiger partial charge in [0.25, 0.3) is 0 Å². The maximum absolute atomic E-state index is 11.5. The van der Waals surface area contributed by atoms with Gasteiger partial charge in [0.05, 0.1) is 6.54 Å². The Balaban J connectivity index is 1.91. The predicted octanol–water partition coefficient (Wildman–Crippen LogP) is 2.48. The first kappa shape index (κ1) is 15.7. The lowest BCUT2D eigenvalue weighted by Crippen LogP contribution is -2.26. The van der Waals surface area contributed by atoms with Crippen LogP contribution in [0.3, 0.4) is 0 Å². The molecule has 1 aromatic carbocycles. The van der Waals surface area contributed by atoms with Crippen LogP contribution in [0.2, 0.25) is 0 Å². The summed E-state index contributed by atoms with van der Waals surface area (Å²) in [7, 11) is 0. The van der Waals surface area contributed by atoms with Gasteiger partial charge in [-0.2, -0.15) is 0 Å². The summed E-state index contributed by atoms with van der Waals surface area (Å²) < 4.78 is 5.04. The monoisotopic (exact) mass is 305 g/mol. The van der Waals surface area contributed by atoms with Crippen LogP contribution >= 0.6 is 11.3 Å². The Kier molecular flexibility index (Phi) is 5.92. The van der Waals surface area contributed by atoms with E-state index in [0.717, 1.165) is 15.3 Å². The second-order valence-corrected chi connectivity index (χ2v) is 5.73. The maximum Gasteiger partial charge on any atom is 0.246 e. The standard InChI is InChI=1S/C16H19NO3S/c1-2-20-11-15(18)17-10-13-8-9-14(21-13)16(19)12-6-4-3-5-7-12/h3-9,16,19H,2,10-11H2,1H3,(H,17,18)/t16-/m0/s1. The summed E-state index contributed by atoms with van der Waals surface area (Å²) in [5.74, 6) is -0.129. The number of thiophene rings is 1. The van der Waals surface area contributed by atoms with Crippen LogP contribution in [0.1, 0.15) is 28.3 Å². The summed E-state index contributed by atoms with van der Waals surface area (Å²) in [5.41, 5.74) is 0.867. The van der Waals surface area contributed by atoms with Crippen molar-refractivity contribution in [1.82, 2.24) is 5.32 Å². The second kappa shape index (κ2) is 7.93. The summed E-state index contributed by atoms with van der Waals surface area (Å²) in [5, 5.41) is 13.1. The van der Waals surface area contributed by atoms with Crippen LogP contribution in [-0.4, -0.2) is 24.2 Å². The van der Waals surface area contributed by atoms with Crippen molar-refractivity contribution in [2.24, 2.45) is 0 Å². The first-order valence-corrected chi connectivity index (χ1v) is 7.68. The molecule has 0 saturated carbocycles. The first-order valence-electron chi connectivity index (χ1n) is 6.86. The molecule has 2 rings (SSSR count). The normalized spacial score (nSPS) is 12.1. The molecule has 0 radical (unpaired) electrons. The predicted molar refractivity (Wildman–Crippen MR) is 83.2 cm³/mol. The van der Waals surface area contributed by atoms with Gasteiger partial charge in [-0.3, -0.25) is 4.79 Å².